The Kier molecular flexibility index (Phi) is 28.7. The number of phosphoric ester groups is 2. The van der Waals surface area contributed by atoms with Crippen molar-refractivity contribution in [3.63, 3.8) is 0 Å². The molecule has 21 heteroatoms. The van der Waals surface area contributed by atoms with Gasteiger partial charge in [-0.25, -0.2) is 13.9 Å². The molecule has 19 nitrogen and oxygen atoms in total. The normalized spacial score (nSPS) is 22.8. The summed E-state index contributed by atoms with van der Waals surface area (Å²) in [5.41, 5.74) is 4.58. The molecule has 1 aromatic rings. The minimum atomic E-state index is -5.43. The Bertz CT molecular complexity index is 1780. The lowest BCUT2D eigenvalue weighted by Crippen LogP contribution is -2.36. The Morgan fingerprint density at radius 2 is 1.30 bits per heavy atom. The molecule has 1 aromatic heterocycles. The van der Waals surface area contributed by atoms with E-state index in [1.165, 1.54) is 51.0 Å². The number of carbonyl (C=O) groups excluding carboxylic acids is 2. The predicted octanol–water partition coefficient (Wildman–Crippen LogP) is 8.43. The molecule has 0 bridgehead atoms. The van der Waals surface area contributed by atoms with E-state index in [-0.39, 0.29) is 18.7 Å². The Hall–Kier alpha value is -2.80. The molecule has 2 aliphatic heterocycles. The number of allylic oxidation sites excluding steroid dienone is 3. The van der Waals surface area contributed by atoms with Gasteiger partial charge in [0.25, 0.3) is 0 Å². The number of epoxide rings is 1. The first kappa shape index (κ1) is 58.5. The lowest BCUT2D eigenvalue weighted by atomic mass is 10.1. The van der Waals surface area contributed by atoms with Gasteiger partial charge in [-0.2, -0.15) is 9.29 Å². The van der Waals surface area contributed by atoms with Gasteiger partial charge in [-0.05, 0) is 70.3 Å². The monoisotopic (exact) mass is 991 g/mol. The van der Waals surface area contributed by atoms with Crippen molar-refractivity contribution in [1.29, 1.82) is 0 Å². The summed E-state index contributed by atoms with van der Waals surface area (Å²) in [4.78, 5) is 61.8. The minimum Gasteiger partial charge on any atom is -0.462 e. The van der Waals surface area contributed by atoms with E-state index in [1.54, 1.807) is 0 Å². The first-order valence-electron chi connectivity index (χ1n) is 24.5. The molecule has 0 amide bonds. The van der Waals surface area contributed by atoms with Crippen LogP contribution in [0.15, 0.2) is 41.4 Å². The number of ether oxygens (including phenoxy) is 4. The summed E-state index contributed by atoms with van der Waals surface area (Å²) < 4.78 is 62.5. The van der Waals surface area contributed by atoms with Gasteiger partial charge in [-0.1, -0.05) is 115 Å². The quantitative estimate of drug-likeness (QED) is 0.0136. The lowest BCUT2D eigenvalue weighted by Gasteiger charge is -2.21. The van der Waals surface area contributed by atoms with Crippen LogP contribution in [0, 0.1) is 0 Å². The molecule has 0 saturated carbocycles. The number of rotatable bonds is 39. The zero-order valence-electron chi connectivity index (χ0n) is 39.7. The van der Waals surface area contributed by atoms with Crippen LogP contribution in [0.5, 0.6) is 0 Å². The number of esters is 2. The van der Waals surface area contributed by atoms with E-state index < -0.39 is 83.7 Å². The van der Waals surface area contributed by atoms with Crippen molar-refractivity contribution in [2.45, 2.75) is 211 Å². The SMILES string of the molecule is CCCCC/C=C\CC1OC1CCCCCCCC(=O)O[C@H](COC(=O)CCCCCCC/C=C\CCCCCC)COP(=O)(O)OP(=O)(O)OC[C@H]1O[C@@H](n2ccc(N)nc2=O)[C@H](O)[C@@H]1O. The summed E-state index contributed by atoms with van der Waals surface area (Å²) in [6, 6.07) is 1.25. The van der Waals surface area contributed by atoms with Crippen molar-refractivity contribution in [3.8, 4) is 0 Å². The molecular formula is C46H79N3O16P2. The van der Waals surface area contributed by atoms with E-state index in [4.69, 9.17) is 33.7 Å². The van der Waals surface area contributed by atoms with Crippen molar-refractivity contribution in [3.05, 3.63) is 47.1 Å². The summed E-state index contributed by atoms with van der Waals surface area (Å²) >= 11 is 0. The number of nitrogens with two attached hydrogens (primary N) is 1. The number of nitrogens with zero attached hydrogens (tertiary/aromatic N) is 2. The van der Waals surface area contributed by atoms with Crippen molar-refractivity contribution < 1.29 is 71.0 Å². The molecule has 0 aliphatic carbocycles. The molecule has 2 aliphatic rings. The van der Waals surface area contributed by atoms with Gasteiger partial charge in [0.05, 0.1) is 25.4 Å². The van der Waals surface area contributed by atoms with Gasteiger partial charge < -0.3 is 44.7 Å². The van der Waals surface area contributed by atoms with Gasteiger partial charge in [0.15, 0.2) is 12.3 Å². The van der Waals surface area contributed by atoms with Crippen LogP contribution >= 0.6 is 15.6 Å². The van der Waals surface area contributed by atoms with Crippen LogP contribution in [0.2, 0.25) is 0 Å². The fourth-order valence-electron chi connectivity index (χ4n) is 7.49. The van der Waals surface area contributed by atoms with Crippen LogP contribution in [0.4, 0.5) is 5.82 Å². The Morgan fingerprint density at radius 3 is 1.97 bits per heavy atom. The molecule has 0 radical (unpaired) electrons. The standard InChI is InChI=1S/C46H79N3O16P2/c1-3-5-7-9-11-12-13-14-15-16-17-21-25-29-41(50)59-33-36(62-42(51)30-26-22-18-20-24-28-38-37(63-38)27-23-19-10-8-6-4-2)34-60-66(55,56)65-67(57,58)61-35-39-43(52)44(53)45(64-39)49-32-31-40(47)48-46(49)54/h12-13,19,23,31-32,36-39,43-45,52-53H,3-11,14-18,20-22,24-30,33-35H2,1-2H3,(H,55,56)(H,57,58)(H2,47,48,54)/b13-12-,23-19-/t36-,37?,38?,39-,43-,44-,45-/m1/s1. The summed E-state index contributed by atoms with van der Waals surface area (Å²) in [5.74, 6) is -1.33. The third-order valence-electron chi connectivity index (χ3n) is 11.4. The maximum Gasteiger partial charge on any atom is 0.481 e. The summed E-state index contributed by atoms with van der Waals surface area (Å²) in [6.07, 6.45) is 25.6. The van der Waals surface area contributed by atoms with Crippen molar-refractivity contribution >= 4 is 33.4 Å². The molecular weight excluding hydrogens is 912 g/mol. The molecule has 0 spiro atoms. The largest absolute Gasteiger partial charge is 0.481 e. The zero-order valence-corrected chi connectivity index (χ0v) is 41.4. The van der Waals surface area contributed by atoms with Gasteiger partial charge in [-0.15, -0.1) is 0 Å². The molecule has 2 fully saturated rings. The Labute approximate surface area is 396 Å². The second-order valence-corrected chi connectivity index (χ2v) is 20.4. The Morgan fingerprint density at radius 1 is 0.731 bits per heavy atom. The van der Waals surface area contributed by atoms with Gasteiger partial charge in [0, 0.05) is 19.0 Å². The third-order valence-corrected chi connectivity index (χ3v) is 14.0. The van der Waals surface area contributed by atoms with Crippen LogP contribution in [0.1, 0.15) is 174 Å². The van der Waals surface area contributed by atoms with Gasteiger partial charge in [0.1, 0.15) is 30.7 Å². The predicted molar refractivity (Wildman–Crippen MR) is 251 cm³/mol. The first-order chi connectivity index (χ1) is 32.1. The fourth-order valence-corrected chi connectivity index (χ4v) is 9.60. The third kappa shape index (κ3) is 25.6. The van der Waals surface area contributed by atoms with Crippen LogP contribution in [0.25, 0.3) is 0 Å². The van der Waals surface area contributed by atoms with E-state index in [9.17, 15) is 43.5 Å². The topological polar surface area (TPSA) is 278 Å². The van der Waals surface area contributed by atoms with Crippen molar-refractivity contribution in [2.75, 3.05) is 25.6 Å². The van der Waals surface area contributed by atoms with E-state index in [1.807, 2.05) is 0 Å². The van der Waals surface area contributed by atoms with Crippen LogP contribution in [-0.2, 0) is 51.0 Å². The summed E-state index contributed by atoms with van der Waals surface area (Å²) in [7, 11) is -10.9. The number of anilines is 1. The van der Waals surface area contributed by atoms with Crippen LogP contribution in [-0.4, -0.2) is 97.9 Å². The molecule has 4 unspecified atom stereocenters. The summed E-state index contributed by atoms with van der Waals surface area (Å²) in [5, 5.41) is 20.9. The van der Waals surface area contributed by atoms with Crippen LogP contribution in [0.3, 0.4) is 0 Å². The highest BCUT2D eigenvalue weighted by Crippen LogP contribution is 2.60. The number of carbonyl (C=O) groups is 2. The van der Waals surface area contributed by atoms with Gasteiger partial charge in [-0.3, -0.25) is 23.2 Å². The molecule has 384 valence electrons. The second kappa shape index (κ2) is 32.9. The zero-order chi connectivity index (χ0) is 48.9. The van der Waals surface area contributed by atoms with Crippen LogP contribution < -0.4 is 11.4 Å². The van der Waals surface area contributed by atoms with Crippen molar-refractivity contribution in [1.82, 2.24) is 9.55 Å². The number of aliphatic hydroxyl groups excluding tert-OH is 2. The number of aromatic nitrogens is 2. The molecule has 67 heavy (non-hydrogen) atoms. The van der Waals surface area contributed by atoms with Gasteiger partial charge >= 0.3 is 33.3 Å². The average Bonchev–Trinajstić information content (AvgIpc) is 3.97. The lowest BCUT2D eigenvalue weighted by molar-refractivity contribution is -0.161. The van der Waals surface area contributed by atoms with E-state index in [0.717, 1.165) is 94.2 Å². The fraction of sp³-hybridized carbons (Fsp3) is 0.783. The molecule has 3 heterocycles. The second-order valence-electron chi connectivity index (χ2n) is 17.3. The molecule has 9 atom stereocenters. The first-order valence-corrected chi connectivity index (χ1v) is 27.5. The van der Waals surface area contributed by atoms with Gasteiger partial charge in [0.2, 0.25) is 0 Å². The molecule has 0 aromatic carbocycles. The molecule has 3 rings (SSSR count). The summed E-state index contributed by atoms with van der Waals surface area (Å²) in [6.45, 7) is 2.07. The van der Waals surface area contributed by atoms with Crippen molar-refractivity contribution in [2.24, 2.45) is 0 Å². The molecule has 2 saturated heterocycles. The number of phosphoric acid groups is 2. The smallest absolute Gasteiger partial charge is 0.462 e. The maximum atomic E-state index is 12.9. The minimum absolute atomic E-state index is 0.0265. The highest BCUT2D eigenvalue weighted by atomic mass is 31.3. The average molecular weight is 992 g/mol. The number of unbranched alkanes of at least 4 members (excludes halogenated alkanes) is 16. The molecule has 6 N–H and O–H groups in total. The number of hydrogen-bond acceptors (Lipinski definition) is 16. The van der Waals surface area contributed by atoms with E-state index in [2.05, 4.69) is 47.4 Å². The van der Waals surface area contributed by atoms with E-state index in [0.29, 0.717) is 25.0 Å². The Balaban J connectivity index is 1.41. The maximum absolute atomic E-state index is 12.9. The number of nitrogen functional groups attached to an aromatic ring is 1. The number of aliphatic hydroxyl groups is 2. The highest BCUT2D eigenvalue weighted by Gasteiger charge is 2.46. The number of hydrogen-bond donors (Lipinski definition) is 5. The van der Waals surface area contributed by atoms with E-state index >= 15 is 0 Å². The highest BCUT2D eigenvalue weighted by molar-refractivity contribution is 7.61.